The quantitative estimate of drug-likeness (QED) is 0.548. The van der Waals surface area contributed by atoms with Crippen molar-refractivity contribution < 1.29 is 9.53 Å². The third-order valence-electron chi connectivity index (χ3n) is 4.82. The normalized spacial score (nSPS) is 10.8. The molecule has 29 heavy (non-hydrogen) atoms. The minimum Gasteiger partial charge on any atom is -0.497 e. The maximum Gasteiger partial charge on any atom is 0.251 e. The van der Waals surface area contributed by atoms with Gasteiger partial charge in [-0.25, -0.2) is 4.68 Å². The number of aromatic nitrogens is 3. The zero-order valence-electron chi connectivity index (χ0n) is 16.4. The van der Waals surface area contributed by atoms with Crippen molar-refractivity contribution in [3.05, 3.63) is 89.0 Å². The molecule has 1 amide bonds. The molecule has 1 aromatic heterocycles. The highest BCUT2D eigenvalue weighted by Crippen LogP contribution is 2.16. The second-order valence-corrected chi connectivity index (χ2v) is 6.97. The molecule has 0 saturated heterocycles. The Morgan fingerprint density at radius 2 is 1.86 bits per heavy atom. The highest BCUT2D eigenvalue weighted by Gasteiger charge is 2.11. The number of benzene rings is 3. The van der Waals surface area contributed by atoms with Crippen LogP contribution in [0.25, 0.3) is 11.0 Å². The number of rotatable bonds is 6. The van der Waals surface area contributed by atoms with Crippen LogP contribution in [-0.2, 0) is 13.1 Å². The lowest BCUT2D eigenvalue weighted by atomic mass is 10.1. The lowest BCUT2D eigenvalue weighted by Crippen LogP contribution is -2.22. The van der Waals surface area contributed by atoms with Gasteiger partial charge >= 0.3 is 0 Å². The van der Waals surface area contributed by atoms with Crippen LogP contribution in [-0.4, -0.2) is 28.0 Å². The van der Waals surface area contributed by atoms with E-state index in [1.165, 1.54) is 5.56 Å². The van der Waals surface area contributed by atoms with Crippen LogP contribution in [0.4, 0.5) is 0 Å². The van der Waals surface area contributed by atoms with Gasteiger partial charge in [0.25, 0.3) is 5.91 Å². The molecular weight excluding hydrogens is 364 g/mol. The summed E-state index contributed by atoms with van der Waals surface area (Å²) in [5, 5.41) is 11.4. The van der Waals surface area contributed by atoms with Gasteiger partial charge < -0.3 is 10.1 Å². The second kappa shape index (κ2) is 8.14. The highest BCUT2D eigenvalue weighted by atomic mass is 16.5. The van der Waals surface area contributed by atoms with E-state index >= 15 is 0 Å². The summed E-state index contributed by atoms with van der Waals surface area (Å²) in [4.78, 5) is 12.5. The minimum absolute atomic E-state index is 0.150. The van der Waals surface area contributed by atoms with Gasteiger partial charge in [0.15, 0.2) is 0 Å². The van der Waals surface area contributed by atoms with E-state index in [-0.39, 0.29) is 5.91 Å². The number of carbonyl (C=O) groups excluding carboxylic acids is 1. The second-order valence-electron chi connectivity index (χ2n) is 6.97. The molecule has 6 heteroatoms. The van der Waals surface area contributed by atoms with E-state index in [9.17, 15) is 4.79 Å². The summed E-state index contributed by atoms with van der Waals surface area (Å²) in [5.74, 6) is 0.617. The first-order valence-electron chi connectivity index (χ1n) is 9.42. The van der Waals surface area contributed by atoms with Gasteiger partial charge in [-0.1, -0.05) is 47.2 Å². The number of carbonyl (C=O) groups is 1. The molecule has 0 unspecified atom stereocenters. The van der Waals surface area contributed by atoms with Gasteiger partial charge in [-0.05, 0) is 48.4 Å². The Bertz CT molecular complexity index is 1150. The molecule has 4 rings (SSSR count). The molecular formula is C23H22N4O2. The monoisotopic (exact) mass is 386 g/mol. The molecule has 6 nitrogen and oxygen atoms in total. The van der Waals surface area contributed by atoms with E-state index in [0.29, 0.717) is 24.2 Å². The van der Waals surface area contributed by atoms with E-state index in [1.807, 2.05) is 35.0 Å². The SMILES string of the molecule is COc1cccc(CNC(=O)c2ccc3c(c2)nnn3Cc2ccc(C)cc2)c1. The largest absolute Gasteiger partial charge is 0.497 e. The van der Waals surface area contributed by atoms with Gasteiger partial charge in [-0.15, -0.1) is 5.10 Å². The third kappa shape index (κ3) is 4.27. The van der Waals surface area contributed by atoms with Crippen molar-refractivity contribution in [2.45, 2.75) is 20.0 Å². The number of nitrogens with one attached hydrogen (secondary N) is 1. The molecule has 3 aromatic carbocycles. The van der Waals surface area contributed by atoms with Gasteiger partial charge in [0.05, 0.1) is 19.2 Å². The molecule has 0 spiro atoms. The number of amides is 1. The first kappa shape index (κ1) is 18.7. The Hall–Kier alpha value is -3.67. The Labute approximate surface area is 169 Å². The van der Waals surface area contributed by atoms with Gasteiger partial charge in [0.2, 0.25) is 0 Å². The number of methoxy groups -OCH3 is 1. The van der Waals surface area contributed by atoms with Crippen LogP contribution < -0.4 is 10.1 Å². The number of aryl methyl sites for hydroxylation is 1. The average Bonchev–Trinajstić information content (AvgIpc) is 3.15. The number of fused-ring (bicyclic) bond motifs is 1. The van der Waals surface area contributed by atoms with Gasteiger partial charge in [0.1, 0.15) is 11.3 Å². The maximum atomic E-state index is 12.5. The Balaban J connectivity index is 1.47. The van der Waals surface area contributed by atoms with Crippen molar-refractivity contribution >= 4 is 16.9 Å². The summed E-state index contributed by atoms with van der Waals surface area (Å²) >= 11 is 0. The summed E-state index contributed by atoms with van der Waals surface area (Å²) < 4.78 is 7.06. The zero-order valence-corrected chi connectivity index (χ0v) is 16.4. The van der Waals surface area contributed by atoms with Crippen LogP contribution >= 0.6 is 0 Å². The topological polar surface area (TPSA) is 69.0 Å². The van der Waals surface area contributed by atoms with Crippen LogP contribution in [0.3, 0.4) is 0 Å². The van der Waals surface area contributed by atoms with E-state index < -0.39 is 0 Å². The molecule has 0 aliphatic carbocycles. The lowest BCUT2D eigenvalue weighted by Gasteiger charge is -2.07. The molecule has 0 radical (unpaired) electrons. The molecule has 0 aliphatic rings. The average molecular weight is 386 g/mol. The van der Waals surface area contributed by atoms with Crippen LogP contribution in [0.1, 0.15) is 27.0 Å². The van der Waals surface area contributed by atoms with Crippen molar-refractivity contribution in [2.75, 3.05) is 7.11 Å². The fraction of sp³-hybridized carbons (Fsp3) is 0.174. The highest BCUT2D eigenvalue weighted by molar-refractivity contribution is 5.97. The maximum absolute atomic E-state index is 12.5. The Morgan fingerprint density at radius 3 is 2.66 bits per heavy atom. The summed E-state index contributed by atoms with van der Waals surface area (Å²) in [7, 11) is 1.62. The third-order valence-corrected chi connectivity index (χ3v) is 4.82. The van der Waals surface area contributed by atoms with Crippen LogP contribution in [0, 0.1) is 6.92 Å². The summed E-state index contributed by atoms with van der Waals surface area (Å²) in [6, 6.07) is 21.4. The molecule has 4 aromatic rings. The van der Waals surface area contributed by atoms with Gasteiger partial charge in [0, 0.05) is 12.1 Å². The Morgan fingerprint density at radius 1 is 1.03 bits per heavy atom. The first-order valence-corrected chi connectivity index (χ1v) is 9.42. The fourth-order valence-electron chi connectivity index (χ4n) is 3.16. The summed E-state index contributed by atoms with van der Waals surface area (Å²) in [6.45, 7) is 3.13. The standard InChI is InChI=1S/C23H22N4O2/c1-16-6-8-17(9-7-16)15-27-22-11-10-19(13-21(22)25-26-27)23(28)24-14-18-4-3-5-20(12-18)29-2/h3-13H,14-15H2,1-2H3,(H,24,28). The van der Waals surface area contributed by atoms with Crippen LogP contribution in [0.2, 0.25) is 0 Å². The molecule has 0 atom stereocenters. The first-order chi connectivity index (χ1) is 14.1. The van der Waals surface area contributed by atoms with E-state index in [4.69, 9.17) is 4.74 Å². The van der Waals surface area contributed by atoms with Gasteiger partial charge in [-0.3, -0.25) is 4.79 Å². The smallest absolute Gasteiger partial charge is 0.251 e. The molecule has 0 saturated carbocycles. The lowest BCUT2D eigenvalue weighted by molar-refractivity contribution is 0.0951. The van der Waals surface area contributed by atoms with E-state index in [2.05, 4.69) is 46.8 Å². The zero-order chi connectivity index (χ0) is 20.2. The van der Waals surface area contributed by atoms with Crippen LogP contribution in [0.15, 0.2) is 66.7 Å². The number of hydrogen-bond acceptors (Lipinski definition) is 4. The predicted molar refractivity (Wildman–Crippen MR) is 112 cm³/mol. The van der Waals surface area contributed by atoms with Crippen LogP contribution in [0.5, 0.6) is 5.75 Å². The summed E-state index contributed by atoms with van der Waals surface area (Å²) in [6.07, 6.45) is 0. The summed E-state index contributed by atoms with van der Waals surface area (Å²) in [5.41, 5.74) is 5.51. The fourth-order valence-corrected chi connectivity index (χ4v) is 3.16. The van der Waals surface area contributed by atoms with E-state index in [0.717, 1.165) is 22.4 Å². The Kier molecular flexibility index (Phi) is 5.24. The molecule has 0 fully saturated rings. The molecule has 1 N–H and O–H groups in total. The molecule has 0 bridgehead atoms. The van der Waals surface area contributed by atoms with Crippen molar-refractivity contribution in [3.8, 4) is 5.75 Å². The molecule has 146 valence electrons. The minimum atomic E-state index is -0.150. The number of ether oxygens (including phenoxy) is 1. The number of hydrogen-bond donors (Lipinski definition) is 1. The van der Waals surface area contributed by atoms with E-state index in [1.54, 1.807) is 19.2 Å². The number of nitrogens with zero attached hydrogens (tertiary/aromatic N) is 3. The molecule has 0 aliphatic heterocycles. The molecule has 1 heterocycles. The van der Waals surface area contributed by atoms with Crippen molar-refractivity contribution in [3.63, 3.8) is 0 Å². The van der Waals surface area contributed by atoms with Crippen molar-refractivity contribution in [2.24, 2.45) is 0 Å². The predicted octanol–water partition coefficient (Wildman–Crippen LogP) is 3.73. The van der Waals surface area contributed by atoms with Crippen molar-refractivity contribution in [1.29, 1.82) is 0 Å². The van der Waals surface area contributed by atoms with Gasteiger partial charge in [-0.2, -0.15) is 0 Å². The van der Waals surface area contributed by atoms with Crippen molar-refractivity contribution in [1.82, 2.24) is 20.3 Å².